The van der Waals surface area contributed by atoms with Gasteiger partial charge in [0.2, 0.25) is 0 Å². The smallest absolute Gasteiger partial charge is 0.323 e. The number of hydrogen-bond acceptors (Lipinski definition) is 5. The van der Waals surface area contributed by atoms with Crippen molar-refractivity contribution in [1.82, 2.24) is 0 Å². The number of rotatable bonds is 7. The van der Waals surface area contributed by atoms with Crippen molar-refractivity contribution in [2.45, 2.75) is 45.6 Å². The summed E-state index contributed by atoms with van der Waals surface area (Å²) in [7, 11) is 0. The lowest BCUT2D eigenvalue weighted by molar-refractivity contribution is -0.174. The topological polar surface area (TPSA) is 76.4 Å². The number of ketones is 1. The fourth-order valence-electron chi connectivity index (χ4n) is 4.53. The molecule has 1 saturated carbocycles. The van der Waals surface area contributed by atoms with Gasteiger partial charge >= 0.3 is 5.97 Å². The Morgan fingerprint density at radius 1 is 1.26 bits per heavy atom. The molecule has 0 N–H and O–H groups in total. The number of hydrogen-bond donors (Lipinski definition) is 0. The molecule has 5 heteroatoms. The van der Waals surface area contributed by atoms with E-state index in [1.165, 1.54) is 0 Å². The largest absolute Gasteiger partial charge is 0.464 e. The van der Waals surface area contributed by atoms with Crippen LogP contribution in [-0.2, 0) is 25.7 Å². The standard InChI is InChI=1S/C22H27NO4/c1-22-11-10-19(24)17(20(22)18(13-23)21(25)27-15-22)9-5-6-12-26-14-16-7-3-2-4-8-16/h2-4,7-8,17-18,20H,5-6,9-12,14-15H2,1H3/t17?,18?,20-,22+/m1/s1. The van der Waals surface area contributed by atoms with Crippen LogP contribution in [0.15, 0.2) is 30.3 Å². The van der Waals surface area contributed by atoms with E-state index in [1.54, 1.807) is 0 Å². The quantitative estimate of drug-likeness (QED) is 0.541. The number of nitrogens with zero attached hydrogens (tertiary/aromatic N) is 1. The van der Waals surface area contributed by atoms with Crippen molar-refractivity contribution in [3.63, 3.8) is 0 Å². The highest BCUT2D eigenvalue weighted by atomic mass is 16.5. The summed E-state index contributed by atoms with van der Waals surface area (Å²) in [6.45, 7) is 3.60. The summed E-state index contributed by atoms with van der Waals surface area (Å²) in [4.78, 5) is 24.6. The summed E-state index contributed by atoms with van der Waals surface area (Å²) in [5.41, 5.74) is 0.879. The molecule has 1 aliphatic carbocycles. The zero-order valence-corrected chi connectivity index (χ0v) is 15.9. The Morgan fingerprint density at radius 2 is 2.04 bits per heavy atom. The van der Waals surface area contributed by atoms with E-state index in [1.807, 2.05) is 30.3 Å². The molecule has 144 valence electrons. The van der Waals surface area contributed by atoms with Crippen LogP contribution in [0.3, 0.4) is 0 Å². The number of nitriles is 1. The second kappa shape index (κ2) is 8.67. The lowest BCUT2D eigenvalue weighted by atomic mass is 9.56. The third-order valence-electron chi connectivity index (χ3n) is 6.06. The molecule has 1 aromatic carbocycles. The average Bonchev–Trinajstić information content (AvgIpc) is 2.68. The molecule has 5 nitrogen and oxygen atoms in total. The molecular weight excluding hydrogens is 342 g/mol. The first-order valence-electron chi connectivity index (χ1n) is 9.76. The van der Waals surface area contributed by atoms with Crippen molar-refractivity contribution < 1.29 is 19.1 Å². The van der Waals surface area contributed by atoms with Crippen LogP contribution in [0.4, 0.5) is 0 Å². The van der Waals surface area contributed by atoms with Crippen LogP contribution >= 0.6 is 0 Å². The van der Waals surface area contributed by atoms with Crippen molar-refractivity contribution in [2.24, 2.45) is 23.2 Å². The summed E-state index contributed by atoms with van der Waals surface area (Å²) in [5, 5.41) is 9.49. The number of benzene rings is 1. The van der Waals surface area contributed by atoms with E-state index >= 15 is 0 Å². The highest BCUT2D eigenvalue weighted by molar-refractivity contribution is 5.85. The van der Waals surface area contributed by atoms with Crippen molar-refractivity contribution in [3.05, 3.63) is 35.9 Å². The van der Waals surface area contributed by atoms with Gasteiger partial charge in [-0.05, 0) is 24.8 Å². The zero-order chi connectivity index (χ0) is 19.3. The van der Waals surface area contributed by atoms with Gasteiger partial charge in [-0.15, -0.1) is 0 Å². The minimum atomic E-state index is -0.827. The first kappa shape index (κ1) is 19.6. The molecule has 1 aliphatic heterocycles. The van der Waals surface area contributed by atoms with Crippen LogP contribution in [0, 0.1) is 34.5 Å². The summed E-state index contributed by atoms with van der Waals surface area (Å²) >= 11 is 0. The Hall–Kier alpha value is -2.19. The number of esters is 1. The summed E-state index contributed by atoms with van der Waals surface area (Å²) < 4.78 is 11.0. The van der Waals surface area contributed by atoms with Crippen LogP contribution in [0.1, 0.15) is 44.6 Å². The molecule has 1 heterocycles. The maximum Gasteiger partial charge on any atom is 0.323 e. The van der Waals surface area contributed by atoms with Crippen LogP contribution in [0.2, 0.25) is 0 Å². The monoisotopic (exact) mass is 369 g/mol. The molecular formula is C22H27NO4. The predicted octanol–water partition coefficient (Wildman–Crippen LogP) is 3.67. The summed E-state index contributed by atoms with van der Waals surface area (Å²) in [6.07, 6.45) is 3.63. The van der Waals surface area contributed by atoms with E-state index in [0.717, 1.165) is 18.4 Å². The van der Waals surface area contributed by atoms with Gasteiger partial charge in [-0.2, -0.15) is 5.26 Å². The lowest BCUT2D eigenvalue weighted by Crippen LogP contribution is -2.53. The Morgan fingerprint density at radius 3 is 2.78 bits per heavy atom. The van der Waals surface area contributed by atoms with E-state index in [0.29, 0.717) is 39.1 Å². The molecule has 0 bridgehead atoms. The van der Waals surface area contributed by atoms with Gasteiger partial charge in [0.15, 0.2) is 0 Å². The van der Waals surface area contributed by atoms with Crippen LogP contribution in [-0.4, -0.2) is 25.0 Å². The second-order valence-corrected chi connectivity index (χ2v) is 8.00. The van der Waals surface area contributed by atoms with E-state index < -0.39 is 11.9 Å². The minimum Gasteiger partial charge on any atom is -0.464 e. The lowest BCUT2D eigenvalue weighted by Gasteiger charge is -2.49. The van der Waals surface area contributed by atoms with E-state index in [2.05, 4.69) is 13.0 Å². The Bertz CT molecular complexity index is 707. The fourth-order valence-corrected chi connectivity index (χ4v) is 4.53. The number of unbranched alkanes of at least 4 members (excludes halogenated alkanes) is 1. The molecule has 0 spiro atoms. The molecule has 2 fully saturated rings. The van der Waals surface area contributed by atoms with E-state index in [-0.39, 0.29) is 23.0 Å². The number of carbonyl (C=O) groups is 2. The predicted molar refractivity (Wildman–Crippen MR) is 99.3 cm³/mol. The van der Waals surface area contributed by atoms with Gasteiger partial charge in [0.1, 0.15) is 11.7 Å². The van der Waals surface area contributed by atoms with E-state index in [4.69, 9.17) is 9.47 Å². The molecule has 27 heavy (non-hydrogen) atoms. The van der Waals surface area contributed by atoms with Crippen molar-refractivity contribution in [3.8, 4) is 6.07 Å². The molecule has 1 aromatic rings. The third-order valence-corrected chi connectivity index (χ3v) is 6.06. The normalized spacial score (nSPS) is 30.3. The third kappa shape index (κ3) is 4.39. The molecule has 4 atom stereocenters. The number of fused-ring (bicyclic) bond motifs is 1. The fraction of sp³-hybridized carbons (Fsp3) is 0.591. The van der Waals surface area contributed by atoms with Crippen LogP contribution < -0.4 is 0 Å². The van der Waals surface area contributed by atoms with Gasteiger partial charge in [-0.25, -0.2) is 0 Å². The average molecular weight is 369 g/mol. The van der Waals surface area contributed by atoms with Crippen molar-refractivity contribution in [1.29, 1.82) is 5.26 Å². The Labute approximate surface area is 160 Å². The molecule has 2 unspecified atom stereocenters. The highest BCUT2D eigenvalue weighted by Gasteiger charge is 2.55. The Balaban J connectivity index is 1.52. The number of cyclic esters (lactones) is 1. The number of ether oxygens (including phenoxy) is 2. The zero-order valence-electron chi connectivity index (χ0n) is 15.9. The van der Waals surface area contributed by atoms with Gasteiger partial charge in [-0.1, -0.05) is 43.7 Å². The number of carbonyl (C=O) groups excluding carboxylic acids is 2. The van der Waals surface area contributed by atoms with Gasteiger partial charge < -0.3 is 9.47 Å². The molecule has 0 amide bonds. The second-order valence-electron chi connectivity index (χ2n) is 8.00. The van der Waals surface area contributed by atoms with Gasteiger partial charge in [0, 0.05) is 30.3 Å². The first-order valence-corrected chi connectivity index (χ1v) is 9.76. The molecule has 2 aliphatic rings. The van der Waals surface area contributed by atoms with Gasteiger partial charge in [0.25, 0.3) is 0 Å². The summed E-state index contributed by atoms with van der Waals surface area (Å²) in [5.74, 6) is -1.55. The van der Waals surface area contributed by atoms with Crippen molar-refractivity contribution >= 4 is 11.8 Å². The van der Waals surface area contributed by atoms with Crippen LogP contribution in [0.25, 0.3) is 0 Å². The van der Waals surface area contributed by atoms with Crippen molar-refractivity contribution in [2.75, 3.05) is 13.2 Å². The van der Waals surface area contributed by atoms with E-state index in [9.17, 15) is 14.9 Å². The molecule has 0 aromatic heterocycles. The van der Waals surface area contributed by atoms with Gasteiger partial charge in [0.05, 0.1) is 19.3 Å². The minimum absolute atomic E-state index is 0.192. The Kier molecular flexibility index (Phi) is 6.28. The maximum absolute atomic E-state index is 12.6. The SMILES string of the molecule is C[C@@]12CCC(=O)C(CCCCOCc3ccccc3)[C@@H]1C(C#N)C(=O)OC2. The number of Topliss-reactive ketones (excluding diaryl/α,β-unsaturated/α-hetero) is 1. The molecule has 3 rings (SSSR count). The highest BCUT2D eigenvalue weighted by Crippen LogP contribution is 2.50. The molecule has 1 saturated heterocycles. The summed E-state index contributed by atoms with van der Waals surface area (Å²) in [6, 6.07) is 12.1. The maximum atomic E-state index is 12.6. The molecule has 0 radical (unpaired) electrons. The first-order chi connectivity index (χ1) is 13.0. The van der Waals surface area contributed by atoms with Gasteiger partial charge in [-0.3, -0.25) is 9.59 Å². The van der Waals surface area contributed by atoms with Crippen LogP contribution in [0.5, 0.6) is 0 Å².